The van der Waals surface area contributed by atoms with Gasteiger partial charge in [0.25, 0.3) is 0 Å². The normalized spacial score (nSPS) is 21.5. The second-order valence-electron chi connectivity index (χ2n) is 4.97. The number of carboxylic acids is 1. The minimum Gasteiger partial charge on any atom is -0.481 e. The topological polar surface area (TPSA) is 70.1 Å². The Labute approximate surface area is 120 Å². The summed E-state index contributed by atoms with van der Waals surface area (Å²) < 4.78 is 5.24. The van der Waals surface area contributed by atoms with Crippen LogP contribution in [0.1, 0.15) is 19.8 Å². The number of allylic oxidation sites excluding steroid dienone is 1. The molecule has 0 spiro atoms. The average Bonchev–Trinajstić information content (AvgIpc) is 2.89. The lowest BCUT2D eigenvalue weighted by atomic mass is 10.0. The van der Waals surface area contributed by atoms with Crippen molar-refractivity contribution in [2.24, 2.45) is 5.92 Å². The van der Waals surface area contributed by atoms with E-state index in [1.807, 2.05) is 13.0 Å². The minimum atomic E-state index is -0.909. The van der Waals surface area contributed by atoms with Crippen LogP contribution in [-0.4, -0.2) is 66.3 Å². The summed E-state index contributed by atoms with van der Waals surface area (Å²) in [7, 11) is 1.74. The maximum atomic E-state index is 12.4. The van der Waals surface area contributed by atoms with Gasteiger partial charge in [-0.2, -0.15) is 0 Å². The number of nitrogens with zero attached hydrogens (tertiary/aromatic N) is 2. The molecule has 6 nitrogen and oxygen atoms in total. The van der Waals surface area contributed by atoms with E-state index in [1.54, 1.807) is 16.8 Å². The zero-order valence-electron chi connectivity index (χ0n) is 12.2. The summed E-state index contributed by atoms with van der Waals surface area (Å²) >= 11 is 0. The largest absolute Gasteiger partial charge is 0.481 e. The first kappa shape index (κ1) is 16.5. The molecule has 0 aromatic heterocycles. The molecule has 1 aliphatic rings. The minimum absolute atomic E-state index is 0.140. The van der Waals surface area contributed by atoms with Crippen LogP contribution in [0.5, 0.6) is 0 Å². The number of ether oxygens (including phenoxy) is 1. The number of carboxylic acid groups (broad SMARTS) is 1. The second kappa shape index (κ2) is 7.89. The zero-order valence-corrected chi connectivity index (χ0v) is 12.2. The third kappa shape index (κ3) is 3.96. The van der Waals surface area contributed by atoms with Crippen LogP contribution in [0.3, 0.4) is 0 Å². The number of urea groups is 1. The monoisotopic (exact) mass is 284 g/mol. The summed E-state index contributed by atoms with van der Waals surface area (Å²) in [5.74, 6) is -1.55. The molecule has 1 fully saturated rings. The molecule has 0 saturated carbocycles. The smallest absolute Gasteiger partial charge is 0.320 e. The Morgan fingerprint density at radius 3 is 2.70 bits per heavy atom. The Morgan fingerprint density at radius 1 is 1.45 bits per heavy atom. The van der Waals surface area contributed by atoms with Crippen LogP contribution in [0.4, 0.5) is 4.79 Å². The molecule has 1 heterocycles. The molecule has 6 heteroatoms. The van der Waals surface area contributed by atoms with Crippen LogP contribution >= 0.6 is 0 Å². The summed E-state index contributed by atoms with van der Waals surface area (Å²) in [6, 6.07) is -0.523. The van der Waals surface area contributed by atoms with Gasteiger partial charge in [-0.25, -0.2) is 4.79 Å². The number of carbonyl (C=O) groups excluding carboxylic acids is 1. The van der Waals surface area contributed by atoms with Crippen molar-refractivity contribution >= 4 is 12.0 Å². The van der Waals surface area contributed by atoms with Crippen molar-refractivity contribution in [1.29, 1.82) is 0 Å². The van der Waals surface area contributed by atoms with Crippen molar-refractivity contribution in [3.63, 3.8) is 0 Å². The van der Waals surface area contributed by atoms with Gasteiger partial charge in [-0.15, -0.1) is 6.58 Å². The predicted molar refractivity (Wildman–Crippen MR) is 75.6 cm³/mol. The standard InChI is InChI=1S/C14H24N2O4/c1-4-6-7-8-15(3)14(19)16(5-2)12-10-20-9-11(12)13(17)18/h4,11-12H,1,5-10H2,2-3H3,(H,17,18). The lowest BCUT2D eigenvalue weighted by Gasteiger charge is -2.33. The lowest BCUT2D eigenvalue weighted by Crippen LogP contribution is -2.51. The molecule has 114 valence electrons. The fourth-order valence-corrected chi connectivity index (χ4v) is 2.39. The van der Waals surface area contributed by atoms with Crippen LogP contribution in [0.25, 0.3) is 0 Å². The van der Waals surface area contributed by atoms with Gasteiger partial charge in [0, 0.05) is 20.1 Å². The summed E-state index contributed by atoms with van der Waals surface area (Å²) in [4.78, 5) is 26.8. The molecule has 0 aliphatic carbocycles. The number of aliphatic carboxylic acids is 1. The molecule has 1 N–H and O–H groups in total. The lowest BCUT2D eigenvalue weighted by molar-refractivity contribution is -0.142. The number of hydrogen-bond donors (Lipinski definition) is 1. The third-order valence-corrected chi connectivity index (χ3v) is 3.58. The van der Waals surface area contributed by atoms with Gasteiger partial charge in [-0.05, 0) is 19.8 Å². The Balaban J connectivity index is 2.66. The first-order chi connectivity index (χ1) is 9.52. The van der Waals surface area contributed by atoms with E-state index in [0.29, 0.717) is 13.1 Å². The number of carbonyl (C=O) groups is 2. The molecule has 1 rings (SSSR count). The van der Waals surface area contributed by atoms with Crippen LogP contribution in [0.15, 0.2) is 12.7 Å². The van der Waals surface area contributed by atoms with Crippen molar-refractivity contribution in [3.8, 4) is 0 Å². The maximum absolute atomic E-state index is 12.4. The van der Waals surface area contributed by atoms with Crippen LogP contribution in [0, 0.1) is 5.92 Å². The highest BCUT2D eigenvalue weighted by Crippen LogP contribution is 2.21. The second-order valence-corrected chi connectivity index (χ2v) is 4.97. The number of unbranched alkanes of at least 4 members (excludes halogenated alkanes) is 1. The molecular formula is C14H24N2O4. The number of rotatable bonds is 7. The quantitative estimate of drug-likeness (QED) is 0.567. The molecule has 0 aromatic rings. The maximum Gasteiger partial charge on any atom is 0.320 e. The van der Waals surface area contributed by atoms with Gasteiger partial charge in [-0.3, -0.25) is 4.79 Å². The summed E-state index contributed by atoms with van der Waals surface area (Å²) in [5, 5.41) is 9.18. The van der Waals surface area contributed by atoms with Crippen molar-refractivity contribution in [3.05, 3.63) is 12.7 Å². The van der Waals surface area contributed by atoms with E-state index in [1.165, 1.54) is 0 Å². The molecule has 2 unspecified atom stereocenters. The fourth-order valence-electron chi connectivity index (χ4n) is 2.39. The van der Waals surface area contributed by atoms with Gasteiger partial charge in [0.2, 0.25) is 0 Å². The molecule has 2 atom stereocenters. The number of likely N-dealkylation sites (N-methyl/N-ethyl adjacent to an activating group) is 1. The van der Waals surface area contributed by atoms with Crippen molar-refractivity contribution in [2.45, 2.75) is 25.8 Å². The predicted octanol–water partition coefficient (Wildman–Crippen LogP) is 1.43. The van der Waals surface area contributed by atoms with E-state index in [0.717, 1.165) is 12.8 Å². The molecule has 1 saturated heterocycles. The molecule has 0 radical (unpaired) electrons. The van der Waals surface area contributed by atoms with Gasteiger partial charge in [-0.1, -0.05) is 6.08 Å². The Morgan fingerprint density at radius 2 is 2.15 bits per heavy atom. The van der Waals surface area contributed by atoms with E-state index in [2.05, 4.69) is 6.58 Å². The van der Waals surface area contributed by atoms with Gasteiger partial charge in [0.1, 0.15) is 5.92 Å². The average molecular weight is 284 g/mol. The van der Waals surface area contributed by atoms with Crippen LogP contribution < -0.4 is 0 Å². The van der Waals surface area contributed by atoms with Gasteiger partial charge in [0.05, 0.1) is 19.3 Å². The van der Waals surface area contributed by atoms with E-state index < -0.39 is 11.9 Å². The Bertz CT molecular complexity index is 359. The summed E-state index contributed by atoms with van der Waals surface area (Å²) in [6.07, 6.45) is 3.53. The third-order valence-electron chi connectivity index (χ3n) is 3.58. The van der Waals surface area contributed by atoms with Crippen molar-refractivity contribution < 1.29 is 19.4 Å². The Hall–Kier alpha value is -1.56. The molecule has 0 bridgehead atoms. The summed E-state index contributed by atoms with van der Waals surface area (Å²) in [5.41, 5.74) is 0. The molecule has 2 amide bonds. The molecule has 0 aromatic carbocycles. The number of hydrogen-bond acceptors (Lipinski definition) is 3. The highest BCUT2D eigenvalue weighted by atomic mass is 16.5. The highest BCUT2D eigenvalue weighted by molar-refractivity contribution is 5.77. The summed E-state index contributed by atoms with van der Waals surface area (Å²) in [6.45, 7) is 7.07. The van der Waals surface area contributed by atoms with E-state index in [4.69, 9.17) is 4.74 Å². The molecular weight excluding hydrogens is 260 g/mol. The van der Waals surface area contributed by atoms with Gasteiger partial charge >= 0.3 is 12.0 Å². The SMILES string of the molecule is C=CCCCN(C)C(=O)N(CC)C1COCC1C(=O)O. The van der Waals surface area contributed by atoms with Gasteiger partial charge in [0.15, 0.2) is 0 Å². The zero-order chi connectivity index (χ0) is 15.1. The molecule has 1 aliphatic heterocycles. The van der Waals surface area contributed by atoms with Crippen molar-refractivity contribution in [1.82, 2.24) is 9.80 Å². The first-order valence-corrected chi connectivity index (χ1v) is 6.96. The van der Waals surface area contributed by atoms with E-state index >= 15 is 0 Å². The molecule has 20 heavy (non-hydrogen) atoms. The highest BCUT2D eigenvalue weighted by Gasteiger charge is 2.40. The van der Waals surface area contributed by atoms with Crippen LogP contribution in [0.2, 0.25) is 0 Å². The number of amides is 2. The van der Waals surface area contributed by atoms with Crippen molar-refractivity contribution in [2.75, 3.05) is 33.4 Å². The Kier molecular flexibility index (Phi) is 6.51. The van der Waals surface area contributed by atoms with E-state index in [9.17, 15) is 14.7 Å². The first-order valence-electron chi connectivity index (χ1n) is 6.96. The van der Waals surface area contributed by atoms with E-state index in [-0.39, 0.29) is 25.3 Å². The fraction of sp³-hybridized carbons (Fsp3) is 0.714. The van der Waals surface area contributed by atoms with Crippen LogP contribution in [-0.2, 0) is 9.53 Å². The van der Waals surface area contributed by atoms with Gasteiger partial charge < -0.3 is 19.6 Å².